The third-order valence-corrected chi connectivity index (χ3v) is 10.00. The van der Waals surface area contributed by atoms with E-state index in [0.717, 1.165) is 43.2 Å². The summed E-state index contributed by atoms with van der Waals surface area (Å²) in [4.78, 5) is 30.3. The molecule has 0 bridgehead atoms. The van der Waals surface area contributed by atoms with Crippen molar-refractivity contribution in [2.75, 3.05) is 13.7 Å². The Morgan fingerprint density at radius 1 is 1.08 bits per heavy atom. The van der Waals surface area contributed by atoms with Crippen molar-refractivity contribution >= 4 is 29.3 Å². The molecule has 2 heterocycles. The molecular weight excluding hydrogens is 635 g/mol. The molecule has 1 saturated carbocycles. The Morgan fingerprint density at radius 2 is 1.76 bits per heavy atom. The molecule has 1 amide bonds. The van der Waals surface area contributed by atoms with Crippen LogP contribution in [0.2, 0.25) is 0 Å². The van der Waals surface area contributed by atoms with Crippen molar-refractivity contribution in [3.05, 3.63) is 53.9 Å². The molecule has 9 nitrogen and oxygen atoms in total. The van der Waals surface area contributed by atoms with Gasteiger partial charge >= 0.3 is 5.97 Å². The molecule has 2 N–H and O–H groups in total. The van der Waals surface area contributed by atoms with E-state index >= 15 is 0 Å². The SMILES string of the molecule is CCNC(=O)c1c(OC)cc(-c2cnc3cc(/C(C=N)=C/C(C)C(C)C4CCCC([C@H](C)C(=O)OC(C)(C)C)CC4)ccn23)cc1OC(C)F. The monoisotopic (exact) mass is 690 g/mol. The number of carbonyl (C=O) groups is 2. The number of imidazole rings is 1. The summed E-state index contributed by atoms with van der Waals surface area (Å²) >= 11 is 0. The van der Waals surface area contributed by atoms with E-state index in [2.05, 4.69) is 30.2 Å². The van der Waals surface area contributed by atoms with E-state index in [1.807, 2.05) is 50.4 Å². The number of methoxy groups -OCH3 is 1. The van der Waals surface area contributed by atoms with Gasteiger partial charge in [-0.05, 0) is 106 Å². The van der Waals surface area contributed by atoms with Gasteiger partial charge in [0.25, 0.3) is 5.91 Å². The van der Waals surface area contributed by atoms with Crippen LogP contribution in [0.3, 0.4) is 0 Å². The molecule has 5 unspecified atom stereocenters. The van der Waals surface area contributed by atoms with Crippen LogP contribution in [0.4, 0.5) is 4.39 Å². The molecule has 10 heteroatoms. The molecule has 6 atom stereocenters. The lowest BCUT2D eigenvalue weighted by molar-refractivity contribution is -0.161. The Balaban J connectivity index is 1.54. The maximum Gasteiger partial charge on any atom is 0.309 e. The first-order valence-corrected chi connectivity index (χ1v) is 17.9. The minimum atomic E-state index is -1.64. The molecular formula is C40H55FN4O5. The van der Waals surface area contributed by atoms with Crippen LogP contribution in [0, 0.1) is 35.0 Å². The second-order valence-electron chi connectivity index (χ2n) is 14.7. The molecule has 4 rings (SSSR count). The van der Waals surface area contributed by atoms with Crippen LogP contribution in [-0.4, -0.2) is 53.1 Å². The zero-order chi connectivity index (χ0) is 36.7. The Bertz CT molecular complexity index is 1690. The Hall–Kier alpha value is -4.21. The van der Waals surface area contributed by atoms with E-state index < -0.39 is 17.9 Å². The third-order valence-electron chi connectivity index (χ3n) is 10.00. The number of fused-ring (bicyclic) bond motifs is 1. The topological polar surface area (TPSA) is 115 Å². The number of carbonyl (C=O) groups excluding carboxylic acids is 2. The summed E-state index contributed by atoms with van der Waals surface area (Å²) < 4.78 is 32.6. The van der Waals surface area contributed by atoms with Crippen LogP contribution in [0.25, 0.3) is 22.5 Å². The fourth-order valence-corrected chi connectivity index (χ4v) is 7.08. The van der Waals surface area contributed by atoms with E-state index in [9.17, 15) is 14.0 Å². The van der Waals surface area contributed by atoms with Gasteiger partial charge in [0.2, 0.25) is 6.36 Å². The number of nitrogens with one attached hydrogen (secondary N) is 2. The van der Waals surface area contributed by atoms with Crippen LogP contribution in [-0.2, 0) is 9.53 Å². The number of hydrogen-bond acceptors (Lipinski definition) is 7. The summed E-state index contributed by atoms with van der Waals surface area (Å²) in [7, 11) is 1.46. The number of allylic oxidation sites excluding steroid dienone is 2. The highest BCUT2D eigenvalue weighted by Gasteiger charge is 2.32. The number of hydrogen-bond donors (Lipinski definition) is 2. The zero-order valence-electron chi connectivity index (χ0n) is 31.1. The predicted molar refractivity (Wildman–Crippen MR) is 197 cm³/mol. The highest BCUT2D eigenvalue weighted by molar-refractivity contribution is 6.08. The number of ether oxygens (including phenoxy) is 3. The van der Waals surface area contributed by atoms with Crippen LogP contribution < -0.4 is 14.8 Å². The van der Waals surface area contributed by atoms with Crippen LogP contribution in [0.5, 0.6) is 11.5 Å². The lowest BCUT2D eigenvalue weighted by Gasteiger charge is -2.28. The fourth-order valence-electron chi connectivity index (χ4n) is 7.08. The van der Waals surface area contributed by atoms with E-state index in [-0.39, 0.29) is 34.9 Å². The molecule has 1 aromatic carbocycles. The van der Waals surface area contributed by atoms with Crippen molar-refractivity contribution in [1.82, 2.24) is 14.7 Å². The molecule has 3 aromatic rings. The molecule has 50 heavy (non-hydrogen) atoms. The van der Waals surface area contributed by atoms with Crippen molar-refractivity contribution in [3.63, 3.8) is 0 Å². The second kappa shape index (κ2) is 16.7. The third kappa shape index (κ3) is 9.31. The van der Waals surface area contributed by atoms with E-state index in [4.69, 9.17) is 19.6 Å². The molecule has 2 aromatic heterocycles. The average molecular weight is 691 g/mol. The largest absolute Gasteiger partial charge is 0.496 e. The van der Waals surface area contributed by atoms with Crippen molar-refractivity contribution < 1.29 is 28.2 Å². The smallest absolute Gasteiger partial charge is 0.309 e. The summed E-state index contributed by atoms with van der Waals surface area (Å²) in [5.74, 6) is 1.22. The lowest BCUT2D eigenvalue weighted by atomic mass is 9.78. The van der Waals surface area contributed by atoms with E-state index in [0.29, 0.717) is 41.2 Å². The van der Waals surface area contributed by atoms with Crippen molar-refractivity contribution in [2.24, 2.45) is 29.6 Å². The Kier molecular flexibility index (Phi) is 12.9. The number of pyridine rings is 1. The van der Waals surface area contributed by atoms with Crippen molar-refractivity contribution in [2.45, 2.75) is 99.5 Å². The van der Waals surface area contributed by atoms with Crippen LogP contribution >= 0.6 is 0 Å². The lowest BCUT2D eigenvalue weighted by Crippen LogP contribution is -2.31. The maximum atomic E-state index is 14.1. The van der Waals surface area contributed by atoms with Gasteiger partial charge in [0, 0.05) is 31.4 Å². The normalized spacial score (nSPS) is 19.5. The standard InChI is InChI=1S/C40H55FN4O5/c1-10-43-38(46)37-34(48-9)19-31(20-35(37)49-27(5)41)33-23-44-36-21-30(16-17-45(33)36)32(22-42)18-24(2)25(3)28-12-11-13-29(15-14-28)26(4)39(47)50-40(6,7)8/h16-29,42H,10-15H2,1-9H3,(H,43,46)/b32-18+,42-22?/t24?,25?,26-,27?,28?,29?/m0/s1. The minimum Gasteiger partial charge on any atom is -0.496 e. The number of esters is 1. The molecule has 1 aliphatic carbocycles. The van der Waals surface area contributed by atoms with Gasteiger partial charge in [0.1, 0.15) is 28.3 Å². The van der Waals surface area contributed by atoms with Gasteiger partial charge in [-0.25, -0.2) is 9.37 Å². The number of nitrogens with zero attached hydrogens (tertiary/aromatic N) is 2. The van der Waals surface area contributed by atoms with E-state index in [1.54, 1.807) is 25.3 Å². The van der Waals surface area contributed by atoms with Crippen LogP contribution in [0.15, 0.2) is 42.7 Å². The van der Waals surface area contributed by atoms with Crippen molar-refractivity contribution in [3.8, 4) is 22.8 Å². The molecule has 0 saturated heterocycles. The first-order valence-electron chi connectivity index (χ1n) is 17.9. The van der Waals surface area contributed by atoms with Crippen LogP contribution in [0.1, 0.15) is 103 Å². The Morgan fingerprint density at radius 3 is 2.40 bits per heavy atom. The Labute approximate surface area is 296 Å². The quantitative estimate of drug-likeness (QED) is 0.105. The number of benzene rings is 1. The summed E-state index contributed by atoms with van der Waals surface area (Å²) in [5, 5.41) is 11.0. The molecule has 0 aliphatic heterocycles. The number of aromatic nitrogens is 2. The molecule has 272 valence electrons. The van der Waals surface area contributed by atoms with Gasteiger partial charge < -0.3 is 24.9 Å². The fraction of sp³-hybridized carbons (Fsp3) is 0.550. The molecule has 0 radical (unpaired) electrons. The van der Waals surface area contributed by atoms with Gasteiger partial charge in [-0.3, -0.25) is 14.0 Å². The number of rotatable bonds is 13. The summed E-state index contributed by atoms with van der Waals surface area (Å²) in [6, 6.07) is 7.26. The van der Waals surface area contributed by atoms with Gasteiger partial charge in [-0.1, -0.05) is 39.7 Å². The first kappa shape index (κ1) is 38.6. The molecule has 1 aliphatic rings. The molecule has 0 spiro atoms. The first-order chi connectivity index (χ1) is 23.7. The number of alkyl halides is 1. The van der Waals surface area contributed by atoms with Gasteiger partial charge in [-0.15, -0.1) is 0 Å². The van der Waals surface area contributed by atoms with Gasteiger partial charge in [0.15, 0.2) is 0 Å². The highest BCUT2D eigenvalue weighted by Crippen LogP contribution is 2.39. The number of amides is 1. The maximum absolute atomic E-state index is 14.1. The second-order valence-corrected chi connectivity index (χ2v) is 14.7. The van der Waals surface area contributed by atoms with Gasteiger partial charge in [0.05, 0.1) is 24.9 Å². The zero-order valence-corrected chi connectivity index (χ0v) is 31.1. The van der Waals surface area contributed by atoms with Gasteiger partial charge in [-0.2, -0.15) is 0 Å². The highest BCUT2D eigenvalue weighted by atomic mass is 19.1. The minimum absolute atomic E-state index is 0.0748. The van der Waals surface area contributed by atoms with E-state index in [1.165, 1.54) is 20.2 Å². The average Bonchev–Trinajstić information content (AvgIpc) is 3.33. The predicted octanol–water partition coefficient (Wildman–Crippen LogP) is 8.93. The number of halogens is 1. The summed E-state index contributed by atoms with van der Waals surface area (Å²) in [6.45, 7) is 15.8. The molecule has 1 fully saturated rings. The summed E-state index contributed by atoms with van der Waals surface area (Å²) in [5.41, 5.74) is 3.38. The summed E-state index contributed by atoms with van der Waals surface area (Å²) in [6.07, 6.45) is 10.9. The van der Waals surface area contributed by atoms with Crippen molar-refractivity contribution in [1.29, 1.82) is 5.41 Å².